The van der Waals surface area contributed by atoms with Crippen molar-refractivity contribution < 1.29 is 5.73 Å². The van der Waals surface area contributed by atoms with Gasteiger partial charge in [-0.15, -0.1) is 0 Å². The molecule has 0 aromatic heterocycles. The molecule has 0 radical (unpaired) electrons. The average Bonchev–Trinajstić information content (AvgIpc) is 2.17. The summed E-state index contributed by atoms with van der Waals surface area (Å²) in [7, 11) is 0. The van der Waals surface area contributed by atoms with Crippen molar-refractivity contribution in [3.05, 3.63) is 48.0 Å². The first-order chi connectivity index (χ1) is 5.90. The summed E-state index contributed by atoms with van der Waals surface area (Å²) in [5.41, 5.74) is 5.16. The molecule has 0 heterocycles. The zero-order chi connectivity index (χ0) is 8.39. The van der Waals surface area contributed by atoms with Crippen molar-refractivity contribution in [1.29, 1.82) is 0 Å². The van der Waals surface area contributed by atoms with E-state index in [0.717, 1.165) is 6.54 Å². The highest BCUT2D eigenvalue weighted by Crippen LogP contribution is 2.14. The number of hydrogen-bond acceptors (Lipinski definition) is 0. The summed E-state index contributed by atoms with van der Waals surface area (Å²) >= 11 is 0. The second kappa shape index (κ2) is 2.95. The van der Waals surface area contributed by atoms with Crippen LogP contribution in [0, 0.1) is 0 Å². The lowest BCUT2D eigenvalue weighted by atomic mass is 10.1. The van der Waals surface area contributed by atoms with E-state index < -0.39 is 0 Å². The summed E-state index contributed by atoms with van der Waals surface area (Å²) in [6.07, 6.45) is 0. The van der Waals surface area contributed by atoms with Gasteiger partial charge in [-0.1, -0.05) is 36.4 Å². The van der Waals surface area contributed by atoms with E-state index in [1.165, 1.54) is 16.3 Å². The van der Waals surface area contributed by atoms with E-state index in [-0.39, 0.29) is 0 Å². The van der Waals surface area contributed by atoms with Crippen LogP contribution in [0.5, 0.6) is 0 Å². The lowest BCUT2D eigenvalue weighted by molar-refractivity contribution is -0.386. The van der Waals surface area contributed by atoms with Crippen molar-refractivity contribution in [1.82, 2.24) is 0 Å². The molecule has 0 amide bonds. The van der Waals surface area contributed by atoms with Crippen molar-refractivity contribution >= 4 is 10.8 Å². The molecule has 1 nitrogen and oxygen atoms in total. The third-order valence-electron chi connectivity index (χ3n) is 2.10. The van der Waals surface area contributed by atoms with Gasteiger partial charge in [-0.2, -0.15) is 0 Å². The van der Waals surface area contributed by atoms with Crippen LogP contribution in [0.4, 0.5) is 0 Å². The number of rotatable bonds is 1. The summed E-state index contributed by atoms with van der Waals surface area (Å²) in [5, 5.41) is 2.60. The maximum absolute atomic E-state index is 3.86. The molecule has 60 valence electrons. The Morgan fingerprint density at radius 2 is 1.67 bits per heavy atom. The van der Waals surface area contributed by atoms with E-state index in [9.17, 15) is 0 Å². The van der Waals surface area contributed by atoms with E-state index >= 15 is 0 Å². The molecule has 0 aliphatic carbocycles. The Bertz CT molecular complexity index is 393. The Labute approximate surface area is 71.8 Å². The molecule has 0 unspecified atom stereocenters. The normalized spacial score (nSPS) is 10.4. The van der Waals surface area contributed by atoms with E-state index in [2.05, 4.69) is 48.2 Å². The first kappa shape index (κ1) is 7.32. The number of quaternary nitrogens is 1. The maximum atomic E-state index is 3.86. The smallest absolute Gasteiger partial charge is 0.0997 e. The Balaban J connectivity index is 2.67. The Morgan fingerprint density at radius 1 is 0.917 bits per heavy atom. The minimum Gasteiger partial charge on any atom is -0.354 e. The number of benzene rings is 2. The zero-order valence-corrected chi connectivity index (χ0v) is 6.96. The first-order valence-corrected chi connectivity index (χ1v) is 4.17. The minimum atomic E-state index is 0.866. The standard InChI is InChI=1S/C11H11N/c12-8-9-5-6-10-3-1-2-4-11(10)7-9/h1-7H,8,12H2/p+1. The van der Waals surface area contributed by atoms with Crippen molar-refractivity contribution in [3.8, 4) is 0 Å². The maximum Gasteiger partial charge on any atom is 0.0997 e. The lowest BCUT2D eigenvalue weighted by Crippen LogP contribution is -2.47. The fourth-order valence-corrected chi connectivity index (χ4v) is 1.39. The van der Waals surface area contributed by atoms with Gasteiger partial charge in [0.15, 0.2) is 0 Å². The molecule has 0 spiro atoms. The Morgan fingerprint density at radius 3 is 2.42 bits per heavy atom. The van der Waals surface area contributed by atoms with Crippen LogP contribution in [-0.4, -0.2) is 0 Å². The van der Waals surface area contributed by atoms with E-state index in [1.807, 2.05) is 0 Å². The monoisotopic (exact) mass is 158 g/mol. The van der Waals surface area contributed by atoms with Gasteiger partial charge in [-0.05, 0) is 16.8 Å². The van der Waals surface area contributed by atoms with Crippen molar-refractivity contribution in [2.75, 3.05) is 0 Å². The Kier molecular flexibility index (Phi) is 1.80. The SMILES string of the molecule is [NH3+]Cc1ccc2ccccc2c1. The quantitative estimate of drug-likeness (QED) is 0.652. The Hall–Kier alpha value is -1.34. The highest BCUT2D eigenvalue weighted by atomic mass is 14.5. The van der Waals surface area contributed by atoms with Crippen molar-refractivity contribution in [3.63, 3.8) is 0 Å². The molecule has 2 rings (SSSR count). The number of fused-ring (bicyclic) bond motifs is 1. The lowest BCUT2D eigenvalue weighted by Gasteiger charge is -1.98. The molecular formula is C11H12N+. The molecule has 0 saturated heterocycles. The van der Waals surface area contributed by atoms with Crippen LogP contribution >= 0.6 is 0 Å². The predicted octanol–water partition coefficient (Wildman–Crippen LogP) is 1.58. The summed E-state index contributed by atoms with van der Waals surface area (Å²) in [4.78, 5) is 0. The summed E-state index contributed by atoms with van der Waals surface area (Å²) < 4.78 is 0. The van der Waals surface area contributed by atoms with Gasteiger partial charge < -0.3 is 5.73 Å². The highest BCUT2D eigenvalue weighted by molar-refractivity contribution is 5.82. The summed E-state index contributed by atoms with van der Waals surface area (Å²) in [6.45, 7) is 0.866. The molecule has 2 aromatic carbocycles. The fraction of sp³-hybridized carbons (Fsp3) is 0.0909. The van der Waals surface area contributed by atoms with Crippen LogP contribution in [0.25, 0.3) is 10.8 Å². The molecule has 0 bridgehead atoms. The first-order valence-electron chi connectivity index (χ1n) is 4.17. The average molecular weight is 158 g/mol. The highest BCUT2D eigenvalue weighted by Gasteiger charge is 1.93. The summed E-state index contributed by atoms with van der Waals surface area (Å²) in [5.74, 6) is 0. The molecule has 0 aliphatic heterocycles. The molecule has 2 aromatic rings. The second-order valence-corrected chi connectivity index (χ2v) is 2.93. The molecule has 0 atom stereocenters. The van der Waals surface area contributed by atoms with Crippen molar-refractivity contribution in [2.24, 2.45) is 0 Å². The van der Waals surface area contributed by atoms with Gasteiger partial charge in [-0.3, -0.25) is 0 Å². The van der Waals surface area contributed by atoms with Gasteiger partial charge in [0.25, 0.3) is 0 Å². The van der Waals surface area contributed by atoms with E-state index in [4.69, 9.17) is 0 Å². The van der Waals surface area contributed by atoms with Crippen LogP contribution in [-0.2, 0) is 6.54 Å². The third kappa shape index (κ3) is 1.19. The number of hydrogen-bond donors (Lipinski definition) is 1. The molecule has 0 saturated carbocycles. The van der Waals surface area contributed by atoms with Crippen LogP contribution in [0.2, 0.25) is 0 Å². The third-order valence-corrected chi connectivity index (χ3v) is 2.10. The molecule has 12 heavy (non-hydrogen) atoms. The molecule has 0 fully saturated rings. The largest absolute Gasteiger partial charge is 0.354 e. The van der Waals surface area contributed by atoms with Crippen LogP contribution in [0.3, 0.4) is 0 Å². The minimum absolute atomic E-state index is 0.866. The van der Waals surface area contributed by atoms with Crippen molar-refractivity contribution in [2.45, 2.75) is 6.54 Å². The molecule has 3 N–H and O–H groups in total. The second-order valence-electron chi connectivity index (χ2n) is 2.93. The van der Waals surface area contributed by atoms with E-state index in [1.54, 1.807) is 0 Å². The molecule has 0 aliphatic rings. The van der Waals surface area contributed by atoms with Gasteiger partial charge in [0.2, 0.25) is 0 Å². The summed E-state index contributed by atoms with van der Waals surface area (Å²) in [6, 6.07) is 14.9. The zero-order valence-electron chi connectivity index (χ0n) is 6.96. The molecule has 1 heteroatoms. The van der Waals surface area contributed by atoms with E-state index in [0.29, 0.717) is 0 Å². The van der Waals surface area contributed by atoms with Gasteiger partial charge in [-0.25, -0.2) is 0 Å². The molecular weight excluding hydrogens is 146 g/mol. The van der Waals surface area contributed by atoms with Gasteiger partial charge in [0.05, 0.1) is 6.54 Å². The van der Waals surface area contributed by atoms with Crippen LogP contribution in [0.15, 0.2) is 42.5 Å². The van der Waals surface area contributed by atoms with Gasteiger partial charge >= 0.3 is 0 Å². The van der Waals surface area contributed by atoms with Crippen LogP contribution < -0.4 is 5.73 Å². The fourth-order valence-electron chi connectivity index (χ4n) is 1.39. The van der Waals surface area contributed by atoms with Crippen LogP contribution in [0.1, 0.15) is 5.56 Å². The van der Waals surface area contributed by atoms with Gasteiger partial charge in [0, 0.05) is 5.56 Å². The predicted molar refractivity (Wildman–Crippen MR) is 50.5 cm³/mol. The van der Waals surface area contributed by atoms with Gasteiger partial charge in [0.1, 0.15) is 0 Å². The topological polar surface area (TPSA) is 27.6 Å².